The van der Waals surface area contributed by atoms with Crippen LogP contribution in [0.4, 0.5) is 5.69 Å². The standard InChI is InChI=1S/C18H16N2O3/c21-17-18(12-3-1-2-4-13(12)20-17)7-8-19-16(18)11-5-6-14-15(9-11)23-10-22-14/h1-6,9,16,19H,7-8,10H2,(H,20,21)/t16-,18-/m1/s1. The Morgan fingerprint density at radius 1 is 1.09 bits per heavy atom. The Labute approximate surface area is 133 Å². The summed E-state index contributed by atoms with van der Waals surface area (Å²) in [5.74, 6) is 1.58. The SMILES string of the molecule is O=C1Nc2ccccc2[C@@]12CCN[C@@H]2c1ccc2c(c1)OCO2. The molecular formula is C18H16N2O3. The highest BCUT2D eigenvalue weighted by Crippen LogP contribution is 2.51. The predicted octanol–water partition coefficient (Wildman–Crippen LogP) is 2.34. The highest BCUT2D eigenvalue weighted by molar-refractivity contribution is 6.07. The van der Waals surface area contributed by atoms with Gasteiger partial charge in [0, 0.05) is 5.69 Å². The van der Waals surface area contributed by atoms with Gasteiger partial charge in [0.15, 0.2) is 11.5 Å². The number of para-hydroxylation sites is 1. The number of carbonyl (C=O) groups is 1. The number of nitrogens with one attached hydrogen (secondary N) is 2. The van der Waals surface area contributed by atoms with Gasteiger partial charge in [-0.1, -0.05) is 24.3 Å². The number of fused-ring (bicyclic) bond motifs is 3. The number of rotatable bonds is 1. The molecule has 0 unspecified atom stereocenters. The monoisotopic (exact) mass is 308 g/mol. The fourth-order valence-electron chi connectivity index (χ4n) is 4.10. The zero-order valence-corrected chi connectivity index (χ0v) is 12.5. The molecule has 23 heavy (non-hydrogen) atoms. The van der Waals surface area contributed by atoms with Crippen LogP contribution in [0.15, 0.2) is 42.5 Å². The van der Waals surface area contributed by atoms with E-state index in [4.69, 9.17) is 9.47 Å². The van der Waals surface area contributed by atoms with E-state index in [1.165, 1.54) is 0 Å². The van der Waals surface area contributed by atoms with E-state index in [-0.39, 0.29) is 18.7 Å². The summed E-state index contributed by atoms with van der Waals surface area (Å²) in [7, 11) is 0. The van der Waals surface area contributed by atoms with Crippen molar-refractivity contribution in [1.29, 1.82) is 0 Å². The minimum Gasteiger partial charge on any atom is -0.454 e. The van der Waals surface area contributed by atoms with E-state index in [0.717, 1.165) is 41.3 Å². The summed E-state index contributed by atoms with van der Waals surface area (Å²) in [6.07, 6.45) is 0.787. The Morgan fingerprint density at radius 3 is 2.91 bits per heavy atom. The predicted molar refractivity (Wildman–Crippen MR) is 84.7 cm³/mol. The second-order valence-electron chi connectivity index (χ2n) is 6.22. The third kappa shape index (κ3) is 1.63. The highest BCUT2D eigenvalue weighted by Gasteiger charge is 2.55. The van der Waals surface area contributed by atoms with Crippen LogP contribution in [-0.2, 0) is 10.2 Å². The van der Waals surface area contributed by atoms with E-state index in [9.17, 15) is 4.79 Å². The van der Waals surface area contributed by atoms with Crippen molar-refractivity contribution in [3.63, 3.8) is 0 Å². The Hall–Kier alpha value is -2.53. The quantitative estimate of drug-likeness (QED) is 0.849. The first-order valence-corrected chi connectivity index (χ1v) is 7.83. The molecular weight excluding hydrogens is 292 g/mol. The number of carbonyl (C=O) groups excluding carboxylic acids is 1. The topological polar surface area (TPSA) is 59.6 Å². The first-order chi connectivity index (χ1) is 11.3. The second kappa shape index (κ2) is 4.49. The minimum absolute atomic E-state index is 0.0688. The smallest absolute Gasteiger partial charge is 0.237 e. The van der Waals surface area contributed by atoms with Gasteiger partial charge in [-0.25, -0.2) is 0 Å². The number of hydrogen-bond donors (Lipinski definition) is 2. The molecule has 3 aliphatic heterocycles. The molecule has 2 aromatic rings. The van der Waals surface area contributed by atoms with Gasteiger partial charge in [0.1, 0.15) is 0 Å². The Balaban J connectivity index is 1.65. The van der Waals surface area contributed by atoms with Crippen LogP contribution in [0.1, 0.15) is 23.6 Å². The molecule has 5 nitrogen and oxygen atoms in total. The van der Waals surface area contributed by atoms with Gasteiger partial charge in [0.05, 0.1) is 11.5 Å². The summed E-state index contributed by atoms with van der Waals surface area (Å²) < 4.78 is 10.9. The maximum absolute atomic E-state index is 12.9. The lowest BCUT2D eigenvalue weighted by Gasteiger charge is -2.29. The first-order valence-electron chi connectivity index (χ1n) is 7.83. The van der Waals surface area contributed by atoms with Gasteiger partial charge in [-0.05, 0) is 42.3 Å². The molecule has 3 heterocycles. The van der Waals surface area contributed by atoms with Crippen LogP contribution >= 0.6 is 0 Å². The number of ether oxygens (including phenoxy) is 2. The van der Waals surface area contributed by atoms with E-state index in [1.807, 2.05) is 36.4 Å². The van der Waals surface area contributed by atoms with Gasteiger partial charge in [-0.3, -0.25) is 4.79 Å². The molecule has 2 N–H and O–H groups in total. The fourth-order valence-corrected chi connectivity index (χ4v) is 4.10. The van der Waals surface area contributed by atoms with Gasteiger partial charge in [0.2, 0.25) is 12.7 Å². The van der Waals surface area contributed by atoms with Crippen molar-refractivity contribution in [2.75, 3.05) is 18.7 Å². The molecule has 2 aromatic carbocycles. The molecule has 116 valence electrons. The molecule has 0 aromatic heterocycles. The van der Waals surface area contributed by atoms with Crippen molar-refractivity contribution in [3.05, 3.63) is 53.6 Å². The zero-order valence-electron chi connectivity index (χ0n) is 12.5. The van der Waals surface area contributed by atoms with Crippen LogP contribution in [-0.4, -0.2) is 19.2 Å². The van der Waals surface area contributed by atoms with Crippen LogP contribution in [0, 0.1) is 0 Å². The normalized spacial score (nSPS) is 27.3. The van der Waals surface area contributed by atoms with Gasteiger partial charge >= 0.3 is 0 Å². The van der Waals surface area contributed by atoms with E-state index < -0.39 is 5.41 Å². The van der Waals surface area contributed by atoms with Gasteiger partial charge in [0.25, 0.3) is 0 Å². The van der Waals surface area contributed by atoms with E-state index in [1.54, 1.807) is 0 Å². The van der Waals surface area contributed by atoms with Gasteiger partial charge in [-0.2, -0.15) is 0 Å². The zero-order chi connectivity index (χ0) is 15.4. The Morgan fingerprint density at radius 2 is 1.96 bits per heavy atom. The summed E-state index contributed by atoms with van der Waals surface area (Å²) >= 11 is 0. The molecule has 0 saturated carbocycles. The number of hydrogen-bond acceptors (Lipinski definition) is 4. The maximum Gasteiger partial charge on any atom is 0.237 e. The lowest BCUT2D eigenvalue weighted by Crippen LogP contribution is -2.39. The summed E-state index contributed by atoms with van der Waals surface area (Å²) in [6, 6.07) is 13.8. The maximum atomic E-state index is 12.9. The molecule has 1 fully saturated rings. The molecule has 2 atom stereocenters. The first kappa shape index (κ1) is 13.0. The van der Waals surface area contributed by atoms with Crippen LogP contribution in [0.3, 0.4) is 0 Å². The minimum atomic E-state index is -0.551. The third-order valence-corrected chi connectivity index (χ3v) is 5.15. The van der Waals surface area contributed by atoms with Crippen molar-refractivity contribution in [1.82, 2.24) is 5.32 Å². The van der Waals surface area contributed by atoms with E-state index in [0.29, 0.717) is 0 Å². The highest BCUT2D eigenvalue weighted by atomic mass is 16.7. The van der Waals surface area contributed by atoms with Gasteiger partial charge < -0.3 is 20.1 Å². The van der Waals surface area contributed by atoms with Crippen molar-refractivity contribution < 1.29 is 14.3 Å². The van der Waals surface area contributed by atoms with E-state index in [2.05, 4.69) is 16.7 Å². The average molecular weight is 308 g/mol. The van der Waals surface area contributed by atoms with Crippen LogP contribution < -0.4 is 20.1 Å². The molecule has 0 bridgehead atoms. The molecule has 1 amide bonds. The average Bonchev–Trinajstić information content (AvgIpc) is 3.27. The van der Waals surface area contributed by atoms with Crippen LogP contribution in [0.25, 0.3) is 0 Å². The lowest BCUT2D eigenvalue weighted by atomic mass is 9.73. The Kier molecular flexibility index (Phi) is 2.53. The Bertz CT molecular complexity index is 820. The van der Waals surface area contributed by atoms with Crippen LogP contribution in [0.2, 0.25) is 0 Å². The van der Waals surface area contributed by atoms with Crippen LogP contribution in [0.5, 0.6) is 11.5 Å². The molecule has 1 saturated heterocycles. The fraction of sp³-hybridized carbons (Fsp3) is 0.278. The molecule has 1 spiro atoms. The molecule has 5 rings (SSSR count). The molecule has 5 heteroatoms. The van der Waals surface area contributed by atoms with E-state index >= 15 is 0 Å². The third-order valence-electron chi connectivity index (χ3n) is 5.15. The van der Waals surface area contributed by atoms with Crippen molar-refractivity contribution in [2.45, 2.75) is 17.9 Å². The molecule has 0 aliphatic carbocycles. The summed E-state index contributed by atoms with van der Waals surface area (Å²) in [5, 5.41) is 6.56. The van der Waals surface area contributed by atoms with Crippen molar-refractivity contribution in [3.8, 4) is 11.5 Å². The summed E-state index contributed by atoms with van der Waals surface area (Å²) in [5.41, 5.74) is 2.51. The molecule has 0 radical (unpaired) electrons. The summed E-state index contributed by atoms with van der Waals surface area (Å²) in [4.78, 5) is 12.9. The van der Waals surface area contributed by atoms with Gasteiger partial charge in [-0.15, -0.1) is 0 Å². The lowest BCUT2D eigenvalue weighted by molar-refractivity contribution is -0.121. The summed E-state index contributed by atoms with van der Waals surface area (Å²) in [6.45, 7) is 1.06. The number of anilines is 1. The number of amides is 1. The second-order valence-corrected chi connectivity index (χ2v) is 6.22. The van der Waals surface area contributed by atoms with Crippen molar-refractivity contribution in [2.24, 2.45) is 0 Å². The van der Waals surface area contributed by atoms with Crippen molar-refractivity contribution >= 4 is 11.6 Å². The largest absolute Gasteiger partial charge is 0.454 e. The number of benzene rings is 2. The molecule has 3 aliphatic rings.